The van der Waals surface area contributed by atoms with Crippen LogP contribution < -0.4 is 5.12 Å². The molecule has 0 N–H and O–H groups in total. The van der Waals surface area contributed by atoms with Crippen molar-refractivity contribution in [1.82, 2.24) is 14.7 Å². The predicted octanol–water partition coefficient (Wildman–Crippen LogP) is 3.81. The zero-order chi connectivity index (χ0) is 16.1. The molecule has 0 bridgehead atoms. The lowest BCUT2D eigenvalue weighted by atomic mass is 10.0. The Morgan fingerprint density at radius 2 is 2.27 bits per heavy atom. The number of aromatic nitrogens is 2. The Morgan fingerprint density at radius 1 is 1.50 bits per heavy atom. The van der Waals surface area contributed by atoms with Crippen LogP contribution in [0.2, 0.25) is 0 Å². The van der Waals surface area contributed by atoms with Crippen molar-refractivity contribution >= 4 is 5.57 Å². The largest absolute Gasteiger partial charge is 0.278 e. The summed E-state index contributed by atoms with van der Waals surface area (Å²) in [5, 5.41) is 3.99. The fourth-order valence-corrected chi connectivity index (χ4v) is 2.54. The third-order valence-electron chi connectivity index (χ3n) is 3.85. The zero-order valence-corrected chi connectivity index (χ0v) is 13.5. The van der Waals surface area contributed by atoms with E-state index >= 15 is 0 Å². The van der Waals surface area contributed by atoms with E-state index in [1.54, 1.807) is 30.8 Å². The van der Waals surface area contributed by atoms with Crippen molar-refractivity contribution in [2.24, 2.45) is 0 Å². The van der Waals surface area contributed by atoms with Gasteiger partial charge in [0.15, 0.2) is 0 Å². The molecule has 1 aliphatic carbocycles. The highest BCUT2D eigenvalue weighted by Crippen LogP contribution is 2.27. The maximum atomic E-state index is 13.5. The molecule has 0 saturated heterocycles. The van der Waals surface area contributed by atoms with Gasteiger partial charge >= 0.3 is 0 Å². The maximum Gasteiger partial charge on any atom is 0.119 e. The van der Waals surface area contributed by atoms with Crippen LogP contribution >= 0.6 is 0 Å². The molecule has 0 amide bonds. The second-order valence-electron chi connectivity index (χ2n) is 5.18. The molecular formula is C17H23FN4. The SMILES string of the molecule is C=C/C=C(\CC)N(C)N(C)n1cncc1C1=CC(F)=CCC1. The lowest BCUT2D eigenvalue weighted by Gasteiger charge is -2.35. The number of hydrazine groups is 1. The summed E-state index contributed by atoms with van der Waals surface area (Å²) in [6.07, 6.45) is 12.9. The third-order valence-corrected chi connectivity index (χ3v) is 3.85. The number of rotatable bonds is 6. The van der Waals surface area contributed by atoms with E-state index in [9.17, 15) is 4.39 Å². The number of hydrogen-bond donors (Lipinski definition) is 0. The van der Waals surface area contributed by atoms with Gasteiger partial charge in [0.05, 0.1) is 11.9 Å². The van der Waals surface area contributed by atoms with Crippen LogP contribution in [0.25, 0.3) is 5.57 Å². The highest BCUT2D eigenvalue weighted by atomic mass is 19.1. The first-order valence-electron chi connectivity index (χ1n) is 7.46. The normalized spacial score (nSPS) is 15.2. The summed E-state index contributed by atoms with van der Waals surface area (Å²) in [7, 11) is 3.94. The fourth-order valence-electron chi connectivity index (χ4n) is 2.54. The minimum Gasteiger partial charge on any atom is -0.278 e. The highest BCUT2D eigenvalue weighted by Gasteiger charge is 2.16. The molecule has 0 spiro atoms. The standard InChI is InChI=1S/C17H23FN4/c1-5-8-16(6-2)20(3)21(4)22-13-19-12-17(22)14-9-7-10-15(18)11-14/h5,8,10-13H,1,6-7,9H2,2-4H3/b16-8+. The van der Waals surface area contributed by atoms with Crippen molar-refractivity contribution in [1.29, 1.82) is 0 Å². The van der Waals surface area contributed by atoms with Crippen molar-refractivity contribution < 1.29 is 4.39 Å². The monoisotopic (exact) mass is 302 g/mol. The average molecular weight is 302 g/mol. The van der Waals surface area contributed by atoms with Gasteiger partial charge in [-0.3, -0.25) is 5.01 Å². The molecule has 0 fully saturated rings. The number of allylic oxidation sites excluding steroid dienone is 7. The van der Waals surface area contributed by atoms with Crippen LogP contribution in [0.1, 0.15) is 31.9 Å². The topological polar surface area (TPSA) is 24.3 Å². The Balaban J connectivity index is 2.30. The summed E-state index contributed by atoms with van der Waals surface area (Å²) in [5.74, 6) is -0.175. The minimum atomic E-state index is -0.175. The number of nitrogens with zero attached hydrogens (tertiary/aromatic N) is 4. The summed E-state index contributed by atoms with van der Waals surface area (Å²) in [6.45, 7) is 5.85. The van der Waals surface area contributed by atoms with E-state index in [2.05, 4.69) is 18.5 Å². The Bertz CT molecular complexity index is 624. The molecule has 1 aromatic rings. The number of hydrogen-bond acceptors (Lipinski definition) is 3. The molecule has 5 heteroatoms. The predicted molar refractivity (Wildman–Crippen MR) is 89.1 cm³/mol. The molecular weight excluding hydrogens is 279 g/mol. The van der Waals surface area contributed by atoms with Crippen LogP contribution in [0.5, 0.6) is 0 Å². The molecule has 0 unspecified atom stereocenters. The molecule has 0 radical (unpaired) electrons. The average Bonchev–Trinajstić information content (AvgIpc) is 3.00. The highest BCUT2D eigenvalue weighted by molar-refractivity contribution is 5.66. The van der Waals surface area contributed by atoms with Crippen molar-refractivity contribution in [2.45, 2.75) is 26.2 Å². The van der Waals surface area contributed by atoms with E-state index in [0.717, 1.165) is 36.2 Å². The van der Waals surface area contributed by atoms with Gasteiger partial charge in [-0.1, -0.05) is 19.6 Å². The van der Waals surface area contributed by atoms with Crippen LogP contribution in [0.4, 0.5) is 4.39 Å². The first-order chi connectivity index (χ1) is 10.6. The first-order valence-corrected chi connectivity index (χ1v) is 7.46. The summed E-state index contributed by atoms with van der Waals surface area (Å²) in [5.41, 5.74) is 3.00. The van der Waals surface area contributed by atoms with Crippen LogP contribution in [-0.2, 0) is 0 Å². The molecule has 0 atom stereocenters. The quantitative estimate of drug-likeness (QED) is 0.590. The lowest BCUT2D eigenvalue weighted by molar-refractivity contribution is 0.308. The van der Waals surface area contributed by atoms with E-state index in [-0.39, 0.29) is 5.83 Å². The van der Waals surface area contributed by atoms with E-state index in [0.29, 0.717) is 0 Å². The van der Waals surface area contributed by atoms with Crippen molar-refractivity contribution in [2.75, 3.05) is 19.2 Å². The summed E-state index contributed by atoms with van der Waals surface area (Å²) in [4.78, 5) is 4.23. The van der Waals surface area contributed by atoms with Gasteiger partial charge < -0.3 is 0 Å². The van der Waals surface area contributed by atoms with Crippen molar-refractivity contribution in [3.63, 3.8) is 0 Å². The van der Waals surface area contributed by atoms with Gasteiger partial charge in [0.2, 0.25) is 0 Å². The van der Waals surface area contributed by atoms with Crippen LogP contribution in [0.3, 0.4) is 0 Å². The number of imidazole rings is 1. The van der Waals surface area contributed by atoms with E-state index < -0.39 is 0 Å². The van der Waals surface area contributed by atoms with E-state index in [4.69, 9.17) is 0 Å². The smallest absolute Gasteiger partial charge is 0.119 e. The van der Waals surface area contributed by atoms with E-state index in [1.807, 2.05) is 35.0 Å². The third kappa shape index (κ3) is 3.30. The lowest BCUT2D eigenvalue weighted by Crippen LogP contribution is -2.44. The molecule has 0 aromatic carbocycles. The van der Waals surface area contributed by atoms with Crippen LogP contribution in [0, 0.1) is 0 Å². The number of halogens is 1. The Morgan fingerprint density at radius 3 is 2.91 bits per heavy atom. The Kier molecular flexibility index (Phi) is 5.20. The van der Waals surface area contributed by atoms with Gasteiger partial charge in [-0.25, -0.2) is 19.2 Å². The molecule has 1 heterocycles. The van der Waals surface area contributed by atoms with Crippen molar-refractivity contribution in [3.05, 3.63) is 60.6 Å². The fraction of sp³-hybridized carbons (Fsp3) is 0.353. The molecule has 4 nitrogen and oxygen atoms in total. The summed E-state index contributed by atoms with van der Waals surface area (Å²) < 4.78 is 15.4. The summed E-state index contributed by atoms with van der Waals surface area (Å²) >= 11 is 0. The second kappa shape index (κ2) is 7.11. The Labute approximate surface area is 131 Å². The molecule has 1 aliphatic rings. The van der Waals surface area contributed by atoms with Crippen LogP contribution in [-0.4, -0.2) is 28.8 Å². The summed E-state index contributed by atoms with van der Waals surface area (Å²) in [6, 6.07) is 0. The molecule has 2 rings (SSSR count). The first kappa shape index (κ1) is 16.1. The van der Waals surface area contributed by atoms with Gasteiger partial charge in [0.1, 0.15) is 12.2 Å². The van der Waals surface area contributed by atoms with Gasteiger partial charge in [0, 0.05) is 19.8 Å². The molecule has 118 valence electrons. The zero-order valence-electron chi connectivity index (χ0n) is 13.5. The van der Waals surface area contributed by atoms with Gasteiger partial charge in [-0.05, 0) is 43.1 Å². The van der Waals surface area contributed by atoms with Gasteiger partial charge in [-0.2, -0.15) is 0 Å². The minimum absolute atomic E-state index is 0.175. The molecule has 0 saturated carbocycles. The Hall–Kier alpha value is -2.30. The maximum absolute atomic E-state index is 13.5. The second-order valence-corrected chi connectivity index (χ2v) is 5.18. The molecule has 0 aliphatic heterocycles. The molecule has 1 aromatic heterocycles. The molecule has 22 heavy (non-hydrogen) atoms. The van der Waals surface area contributed by atoms with Gasteiger partial charge in [-0.15, -0.1) is 0 Å². The van der Waals surface area contributed by atoms with Crippen molar-refractivity contribution in [3.8, 4) is 0 Å². The van der Waals surface area contributed by atoms with Gasteiger partial charge in [0.25, 0.3) is 0 Å². The van der Waals surface area contributed by atoms with E-state index in [1.165, 1.54) is 0 Å². The van der Waals surface area contributed by atoms with Crippen LogP contribution in [0.15, 0.2) is 54.9 Å².